The Labute approximate surface area is 212 Å². The summed E-state index contributed by atoms with van der Waals surface area (Å²) in [6.45, 7) is 5.21. The van der Waals surface area contributed by atoms with Crippen molar-refractivity contribution in [3.63, 3.8) is 0 Å². The molecule has 3 fully saturated rings. The van der Waals surface area contributed by atoms with Crippen molar-refractivity contribution >= 4 is 5.97 Å². The summed E-state index contributed by atoms with van der Waals surface area (Å²) in [5, 5.41) is 0. The van der Waals surface area contributed by atoms with Crippen LogP contribution >= 0.6 is 0 Å². The van der Waals surface area contributed by atoms with E-state index in [0.717, 1.165) is 48.9 Å². The highest BCUT2D eigenvalue weighted by Gasteiger charge is 2.29. The first kappa shape index (κ1) is 28.0. The van der Waals surface area contributed by atoms with Gasteiger partial charge in [-0.3, -0.25) is 4.79 Å². The highest BCUT2D eigenvalue weighted by atomic mass is 16.5. The van der Waals surface area contributed by atoms with Gasteiger partial charge in [0, 0.05) is 0 Å². The van der Waals surface area contributed by atoms with Crippen LogP contribution in [0, 0.1) is 35.5 Å². The molecule has 0 amide bonds. The number of carbonyl (C=O) groups is 1. The Hall–Kier alpha value is -0.530. The predicted octanol–water partition coefficient (Wildman–Crippen LogP) is 9.89. The fourth-order valence-corrected chi connectivity index (χ4v) is 7.48. The molecule has 0 aromatic heterocycles. The first-order valence-corrected chi connectivity index (χ1v) is 15.8. The summed E-state index contributed by atoms with van der Waals surface area (Å²) < 4.78 is 5.56. The third-order valence-electron chi connectivity index (χ3n) is 10.0. The zero-order valence-corrected chi connectivity index (χ0v) is 23.0. The van der Waals surface area contributed by atoms with E-state index >= 15 is 0 Å². The second kappa shape index (κ2) is 16.3. The van der Waals surface area contributed by atoms with Gasteiger partial charge in [0.1, 0.15) is 0 Å². The average molecular weight is 475 g/mol. The van der Waals surface area contributed by atoms with Crippen LogP contribution in [0.2, 0.25) is 0 Å². The number of hydrogen-bond donors (Lipinski definition) is 0. The van der Waals surface area contributed by atoms with Gasteiger partial charge in [0.2, 0.25) is 0 Å². The molecule has 2 nitrogen and oxygen atoms in total. The molecule has 0 heterocycles. The summed E-state index contributed by atoms with van der Waals surface area (Å²) in [4.78, 5) is 12.3. The molecule has 3 aliphatic rings. The van der Waals surface area contributed by atoms with Gasteiger partial charge in [-0.1, -0.05) is 123 Å². The second-order valence-electron chi connectivity index (χ2n) is 12.7. The van der Waals surface area contributed by atoms with Crippen LogP contribution in [-0.2, 0) is 9.53 Å². The third-order valence-corrected chi connectivity index (χ3v) is 10.0. The van der Waals surface area contributed by atoms with Crippen LogP contribution in [-0.4, -0.2) is 12.6 Å². The standard InChI is InChI=1S/C32H58O2/c1-3-5-6-7-25-34-32(33)31-23-21-30(22-24-31)20-19-29-17-15-28(16-18-29)14-13-27-11-9-26(8-4-2)10-12-27/h26-31H,3-25H2,1-2H3. The van der Waals surface area contributed by atoms with Gasteiger partial charge in [0.15, 0.2) is 0 Å². The number of ether oxygens (including phenoxy) is 1. The van der Waals surface area contributed by atoms with Gasteiger partial charge in [-0.25, -0.2) is 0 Å². The Morgan fingerprint density at radius 3 is 1.35 bits per heavy atom. The number of hydrogen-bond acceptors (Lipinski definition) is 2. The van der Waals surface area contributed by atoms with Crippen LogP contribution in [0.15, 0.2) is 0 Å². The molecule has 0 radical (unpaired) electrons. The van der Waals surface area contributed by atoms with Crippen LogP contribution in [0.3, 0.4) is 0 Å². The molecule has 0 aromatic rings. The van der Waals surface area contributed by atoms with Crippen molar-refractivity contribution in [2.75, 3.05) is 6.61 Å². The maximum atomic E-state index is 12.3. The molecule has 34 heavy (non-hydrogen) atoms. The molecule has 0 saturated heterocycles. The van der Waals surface area contributed by atoms with Crippen molar-refractivity contribution in [3.8, 4) is 0 Å². The molecule has 0 unspecified atom stereocenters. The summed E-state index contributed by atoms with van der Waals surface area (Å²) in [5.74, 6) is 5.30. The van der Waals surface area contributed by atoms with Gasteiger partial charge in [-0.2, -0.15) is 0 Å². The van der Waals surface area contributed by atoms with E-state index in [2.05, 4.69) is 13.8 Å². The van der Waals surface area contributed by atoms with Crippen molar-refractivity contribution in [3.05, 3.63) is 0 Å². The Bertz CT molecular complexity index is 519. The topological polar surface area (TPSA) is 26.3 Å². The maximum absolute atomic E-state index is 12.3. The SMILES string of the molecule is CCCCCCOC(=O)C1CCC(CCC2CCC(CCC3CCC(CCC)CC3)CC2)CC1. The van der Waals surface area contributed by atoms with Gasteiger partial charge in [-0.15, -0.1) is 0 Å². The maximum Gasteiger partial charge on any atom is 0.308 e. The summed E-state index contributed by atoms with van der Waals surface area (Å²) in [5.41, 5.74) is 0. The first-order chi connectivity index (χ1) is 16.7. The molecule has 0 aliphatic heterocycles. The molecule has 0 spiro atoms. The van der Waals surface area contributed by atoms with Crippen LogP contribution in [0.1, 0.15) is 155 Å². The lowest BCUT2D eigenvalue weighted by molar-refractivity contribution is -0.150. The monoisotopic (exact) mass is 474 g/mol. The van der Waals surface area contributed by atoms with Crippen LogP contribution in [0.4, 0.5) is 0 Å². The molecule has 0 atom stereocenters. The molecular weight excluding hydrogens is 416 g/mol. The quantitative estimate of drug-likeness (QED) is 0.185. The summed E-state index contributed by atoms with van der Waals surface area (Å²) in [7, 11) is 0. The van der Waals surface area contributed by atoms with E-state index in [0.29, 0.717) is 6.61 Å². The number of esters is 1. The summed E-state index contributed by atoms with van der Waals surface area (Å²) in [6.07, 6.45) is 30.2. The Kier molecular flexibility index (Phi) is 13.4. The smallest absolute Gasteiger partial charge is 0.308 e. The minimum absolute atomic E-state index is 0.0993. The molecule has 0 aromatic carbocycles. The average Bonchev–Trinajstić information content (AvgIpc) is 2.88. The van der Waals surface area contributed by atoms with E-state index in [1.165, 1.54) is 122 Å². The molecule has 3 saturated carbocycles. The molecule has 0 N–H and O–H groups in total. The third kappa shape index (κ3) is 10.2. The second-order valence-corrected chi connectivity index (χ2v) is 12.7. The Morgan fingerprint density at radius 2 is 0.941 bits per heavy atom. The molecule has 198 valence electrons. The van der Waals surface area contributed by atoms with E-state index in [1.54, 1.807) is 0 Å². The van der Waals surface area contributed by atoms with E-state index in [9.17, 15) is 4.79 Å². The van der Waals surface area contributed by atoms with E-state index < -0.39 is 0 Å². The van der Waals surface area contributed by atoms with Crippen molar-refractivity contribution in [1.82, 2.24) is 0 Å². The zero-order valence-electron chi connectivity index (χ0n) is 23.0. The number of unbranched alkanes of at least 4 members (excludes halogenated alkanes) is 3. The molecule has 2 heteroatoms. The normalized spacial score (nSPS) is 32.4. The lowest BCUT2D eigenvalue weighted by atomic mass is 9.73. The summed E-state index contributed by atoms with van der Waals surface area (Å²) in [6, 6.07) is 0. The zero-order chi connectivity index (χ0) is 24.0. The van der Waals surface area contributed by atoms with Gasteiger partial charge >= 0.3 is 5.97 Å². The van der Waals surface area contributed by atoms with Crippen molar-refractivity contribution in [2.45, 2.75) is 155 Å². The highest BCUT2D eigenvalue weighted by molar-refractivity contribution is 5.72. The minimum atomic E-state index is 0.0993. The lowest BCUT2D eigenvalue weighted by Crippen LogP contribution is -2.24. The number of rotatable bonds is 14. The molecular formula is C32H58O2. The van der Waals surface area contributed by atoms with E-state index in [-0.39, 0.29) is 11.9 Å². The first-order valence-electron chi connectivity index (χ1n) is 15.8. The minimum Gasteiger partial charge on any atom is -0.465 e. The van der Waals surface area contributed by atoms with Crippen molar-refractivity contribution < 1.29 is 9.53 Å². The number of carbonyl (C=O) groups excluding carboxylic acids is 1. The van der Waals surface area contributed by atoms with Gasteiger partial charge < -0.3 is 4.74 Å². The van der Waals surface area contributed by atoms with Gasteiger partial charge in [0.25, 0.3) is 0 Å². The van der Waals surface area contributed by atoms with E-state index in [1.807, 2.05) is 0 Å². The largest absolute Gasteiger partial charge is 0.465 e. The van der Waals surface area contributed by atoms with Crippen molar-refractivity contribution in [1.29, 1.82) is 0 Å². The molecule has 3 aliphatic carbocycles. The fraction of sp³-hybridized carbons (Fsp3) is 0.969. The predicted molar refractivity (Wildman–Crippen MR) is 145 cm³/mol. The van der Waals surface area contributed by atoms with Gasteiger partial charge in [0.05, 0.1) is 12.5 Å². The fourth-order valence-electron chi connectivity index (χ4n) is 7.48. The lowest BCUT2D eigenvalue weighted by Gasteiger charge is -2.33. The van der Waals surface area contributed by atoms with Crippen LogP contribution in [0.25, 0.3) is 0 Å². The van der Waals surface area contributed by atoms with Crippen molar-refractivity contribution in [2.24, 2.45) is 35.5 Å². The van der Waals surface area contributed by atoms with Crippen LogP contribution < -0.4 is 0 Å². The van der Waals surface area contributed by atoms with Gasteiger partial charge in [-0.05, 0) is 61.7 Å². The highest BCUT2D eigenvalue weighted by Crippen LogP contribution is 2.40. The molecule has 0 bridgehead atoms. The van der Waals surface area contributed by atoms with Crippen LogP contribution in [0.5, 0.6) is 0 Å². The summed E-state index contributed by atoms with van der Waals surface area (Å²) >= 11 is 0. The Morgan fingerprint density at radius 1 is 0.529 bits per heavy atom. The van der Waals surface area contributed by atoms with E-state index in [4.69, 9.17) is 4.74 Å². The Balaban J connectivity index is 1.19. The molecule has 3 rings (SSSR count).